The summed E-state index contributed by atoms with van der Waals surface area (Å²) < 4.78 is 2.93. The summed E-state index contributed by atoms with van der Waals surface area (Å²) in [5.41, 5.74) is 0.523. The van der Waals surface area contributed by atoms with E-state index in [1.54, 1.807) is 15.9 Å². The van der Waals surface area contributed by atoms with Crippen molar-refractivity contribution in [2.24, 2.45) is 0 Å². The molecule has 11 nitrogen and oxygen atoms in total. The number of carbonyl (C=O) groups is 1. The topological polar surface area (TPSA) is 115 Å². The number of hydrogen-bond donors (Lipinski definition) is 0. The van der Waals surface area contributed by atoms with Gasteiger partial charge in [0.25, 0.3) is 5.56 Å². The van der Waals surface area contributed by atoms with E-state index in [2.05, 4.69) is 29.9 Å². The van der Waals surface area contributed by atoms with E-state index in [9.17, 15) is 9.59 Å². The zero-order chi connectivity index (χ0) is 21.1. The highest BCUT2D eigenvalue weighted by molar-refractivity contribution is 5.76. The van der Waals surface area contributed by atoms with E-state index in [-0.39, 0.29) is 23.9 Å². The molecule has 1 fully saturated rings. The Hall–Kier alpha value is -3.63. The molecule has 0 spiro atoms. The Morgan fingerprint density at radius 3 is 2.43 bits per heavy atom. The Morgan fingerprint density at radius 2 is 1.77 bits per heavy atom. The number of piperazine rings is 1. The number of hydrogen-bond acceptors (Lipinski definition) is 8. The smallest absolute Gasteiger partial charge is 0.254 e. The second-order valence-corrected chi connectivity index (χ2v) is 7.38. The number of carbonyl (C=O) groups excluding carboxylic acids is 1. The van der Waals surface area contributed by atoms with Gasteiger partial charge in [-0.25, -0.2) is 24.6 Å². The van der Waals surface area contributed by atoms with E-state index in [4.69, 9.17) is 0 Å². The van der Waals surface area contributed by atoms with Crippen molar-refractivity contribution in [3.05, 3.63) is 53.5 Å². The fourth-order valence-corrected chi connectivity index (χ4v) is 3.27. The number of aromatic nitrogens is 7. The average molecular weight is 409 g/mol. The Balaban J connectivity index is 1.37. The Labute approximate surface area is 173 Å². The lowest BCUT2D eigenvalue weighted by atomic mass is 10.1. The van der Waals surface area contributed by atoms with Gasteiger partial charge in [0, 0.05) is 38.3 Å². The van der Waals surface area contributed by atoms with Gasteiger partial charge in [-0.3, -0.25) is 14.2 Å². The van der Waals surface area contributed by atoms with Crippen LogP contribution in [0.1, 0.15) is 25.5 Å². The van der Waals surface area contributed by atoms with E-state index in [1.807, 2.05) is 19.9 Å². The predicted molar refractivity (Wildman–Crippen MR) is 108 cm³/mol. The summed E-state index contributed by atoms with van der Waals surface area (Å²) in [4.78, 5) is 45.5. The summed E-state index contributed by atoms with van der Waals surface area (Å²) in [6.07, 6.45) is 5.97. The lowest BCUT2D eigenvalue weighted by Gasteiger charge is -2.35. The molecule has 4 heterocycles. The minimum absolute atomic E-state index is 0.00579. The summed E-state index contributed by atoms with van der Waals surface area (Å²) in [6, 6.07) is 3.34. The quantitative estimate of drug-likeness (QED) is 0.582. The minimum Gasteiger partial charge on any atom is -0.353 e. The molecule has 11 heteroatoms. The lowest BCUT2D eigenvalue weighted by Crippen LogP contribution is -2.50. The molecule has 0 N–H and O–H groups in total. The SMILES string of the molecule is CC(C)c1cc(=O)n(CC(=O)N2CCN(c3cc(-n4cncn4)ncn3)CC2)cn1. The van der Waals surface area contributed by atoms with E-state index < -0.39 is 0 Å². The number of rotatable bonds is 5. The number of nitrogens with zero attached hydrogens (tertiary/aromatic N) is 9. The van der Waals surface area contributed by atoms with Crippen LogP contribution in [0.15, 0.2) is 42.2 Å². The van der Waals surface area contributed by atoms with Crippen molar-refractivity contribution in [1.29, 1.82) is 0 Å². The van der Waals surface area contributed by atoms with Crippen molar-refractivity contribution >= 4 is 11.7 Å². The van der Waals surface area contributed by atoms with Crippen LogP contribution < -0.4 is 10.5 Å². The van der Waals surface area contributed by atoms with Crippen LogP contribution in [0.5, 0.6) is 0 Å². The first-order valence-electron chi connectivity index (χ1n) is 9.77. The van der Waals surface area contributed by atoms with Gasteiger partial charge in [0.1, 0.15) is 31.3 Å². The molecular formula is C19H23N9O2. The van der Waals surface area contributed by atoms with E-state index in [1.165, 1.54) is 29.6 Å². The number of amides is 1. The van der Waals surface area contributed by atoms with Gasteiger partial charge >= 0.3 is 0 Å². The maximum absolute atomic E-state index is 12.7. The molecule has 1 saturated heterocycles. The highest BCUT2D eigenvalue weighted by Gasteiger charge is 2.23. The van der Waals surface area contributed by atoms with Crippen LogP contribution in [0.3, 0.4) is 0 Å². The van der Waals surface area contributed by atoms with Crippen LogP contribution in [-0.4, -0.2) is 71.3 Å². The molecular weight excluding hydrogens is 386 g/mol. The van der Waals surface area contributed by atoms with Crippen molar-refractivity contribution in [3.8, 4) is 5.82 Å². The highest BCUT2D eigenvalue weighted by Crippen LogP contribution is 2.15. The van der Waals surface area contributed by atoms with Crippen LogP contribution in [0, 0.1) is 0 Å². The maximum Gasteiger partial charge on any atom is 0.254 e. The third-order valence-corrected chi connectivity index (χ3v) is 5.05. The lowest BCUT2D eigenvalue weighted by molar-refractivity contribution is -0.132. The van der Waals surface area contributed by atoms with Gasteiger partial charge in [-0.05, 0) is 5.92 Å². The summed E-state index contributed by atoms with van der Waals surface area (Å²) >= 11 is 0. The fraction of sp³-hybridized carbons (Fsp3) is 0.421. The Morgan fingerprint density at radius 1 is 1.00 bits per heavy atom. The molecule has 3 aromatic heterocycles. The molecule has 0 radical (unpaired) electrons. The normalized spacial score (nSPS) is 14.4. The summed E-state index contributed by atoms with van der Waals surface area (Å²) in [5, 5.41) is 4.08. The fourth-order valence-electron chi connectivity index (χ4n) is 3.27. The molecule has 1 aliphatic rings. The third-order valence-electron chi connectivity index (χ3n) is 5.05. The van der Waals surface area contributed by atoms with Gasteiger partial charge in [-0.1, -0.05) is 13.8 Å². The van der Waals surface area contributed by atoms with Gasteiger partial charge in [0.15, 0.2) is 5.82 Å². The van der Waals surface area contributed by atoms with Crippen LogP contribution >= 0.6 is 0 Å². The predicted octanol–water partition coefficient (Wildman–Crippen LogP) is 0.0862. The third kappa shape index (κ3) is 4.19. The molecule has 0 aliphatic carbocycles. The molecule has 156 valence electrons. The van der Waals surface area contributed by atoms with Gasteiger partial charge in [0.2, 0.25) is 5.91 Å². The Bertz CT molecular complexity index is 1070. The molecule has 0 unspecified atom stereocenters. The first kappa shape index (κ1) is 19.7. The highest BCUT2D eigenvalue weighted by atomic mass is 16.2. The largest absolute Gasteiger partial charge is 0.353 e. The average Bonchev–Trinajstić information content (AvgIpc) is 3.30. The number of anilines is 1. The molecule has 3 aromatic rings. The van der Waals surface area contributed by atoms with E-state index >= 15 is 0 Å². The van der Waals surface area contributed by atoms with Crippen LogP contribution in [0.25, 0.3) is 5.82 Å². The summed E-state index contributed by atoms with van der Waals surface area (Å²) in [5.74, 6) is 1.48. The molecule has 4 rings (SSSR count). The van der Waals surface area contributed by atoms with Crippen molar-refractivity contribution in [2.45, 2.75) is 26.3 Å². The van der Waals surface area contributed by atoms with E-state index in [0.29, 0.717) is 32.0 Å². The van der Waals surface area contributed by atoms with Gasteiger partial charge in [-0.15, -0.1) is 0 Å². The molecule has 0 atom stereocenters. The standard InChI is InChI=1S/C19H23N9O2/c1-14(2)15-7-18(29)27(13-23-15)9-19(30)26-5-3-25(4-6-26)16-8-17(22-11-21-16)28-12-20-10-24-28/h7-8,10-14H,3-6,9H2,1-2H3. The van der Waals surface area contributed by atoms with Gasteiger partial charge < -0.3 is 9.80 Å². The summed E-state index contributed by atoms with van der Waals surface area (Å²) in [6.45, 7) is 6.32. The molecule has 1 amide bonds. The zero-order valence-corrected chi connectivity index (χ0v) is 16.9. The van der Waals surface area contributed by atoms with Crippen molar-refractivity contribution < 1.29 is 4.79 Å². The maximum atomic E-state index is 12.7. The zero-order valence-electron chi connectivity index (χ0n) is 16.9. The first-order valence-corrected chi connectivity index (χ1v) is 9.77. The van der Waals surface area contributed by atoms with Crippen LogP contribution in [-0.2, 0) is 11.3 Å². The van der Waals surface area contributed by atoms with Crippen molar-refractivity contribution in [1.82, 2.24) is 39.2 Å². The van der Waals surface area contributed by atoms with Crippen LogP contribution in [0.4, 0.5) is 5.82 Å². The second kappa shape index (κ2) is 8.39. The van der Waals surface area contributed by atoms with E-state index in [0.717, 1.165) is 11.5 Å². The van der Waals surface area contributed by atoms with Gasteiger partial charge in [0.05, 0.1) is 12.0 Å². The van der Waals surface area contributed by atoms with Crippen molar-refractivity contribution in [3.63, 3.8) is 0 Å². The molecule has 0 saturated carbocycles. The van der Waals surface area contributed by atoms with Crippen LogP contribution in [0.2, 0.25) is 0 Å². The monoisotopic (exact) mass is 409 g/mol. The van der Waals surface area contributed by atoms with Gasteiger partial charge in [-0.2, -0.15) is 5.10 Å². The minimum atomic E-state index is -0.206. The first-order chi connectivity index (χ1) is 14.5. The molecule has 1 aliphatic heterocycles. The molecule has 30 heavy (non-hydrogen) atoms. The molecule has 0 aromatic carbocycles. The summed E-state index contributed by atoms with van der Waals surface area (Å²) in [7, 11) is 0. The second-order valence-electron chi connectivity index (χ2n) is 7.38. The van der Waals surface area contributed by atoms with Crippen molar-refractivity contribution in [2.75, 3.05) is 31.1 Å². The Kier molecular flexibility index (Phi) is 5.50. The molecule has 0 bridgehead atoms.